The lowest BCUT2D eigenvalue weighted by atomic mass is 9.65. The maximum Gasteiger partial charge on any atom is 0.410 e. The molecule has 3 aliphatic rings. The minimum absolute atomic E-state index is 0.242. The van der Waals surface area contributed by atoms with Crippen molar-refractivity contribution in [3.63, 3.8) is 0 Å². The number of amides is 2. The van der Waals surface area contributed by atoms with Crippen LogP contribution in [0.15, 0.2) is 0 Å². The molecule has 0 radical (unpaired) electrons. The molecule has 25 heavy (non-hydrogen) atoms. The van der Waals surface area contributed by atoms with Gasteiger partial charge in [0.15, 0.2) is 0 Å². The van der Waals surface area contributed by atoms with E-state index in [1.165, 1.54) is 12.8 Å². The molecule has 0 aromatic heterocycles. The van der Waals surface area contributed by atoms with Gasteiger partial charge in [0.25, 0.3) is 0 Å². The van der Waals surface area contributed by atoms with E-state index < -0.39 is 5.60 Å². The molecule has 2 aliphatic heterocycles. The van der Waals surface area contributed by atoms with Crippen LogP contribution in [-0.2, 0) is 9.53 Å². The molecule has 1 aliphatic carbocycles. The Kier molecular flexibility index (Phi) is 4.80. The van der Waals surface area contributed by atoms with Gasteiger partial charge in [0.05, 0.1) is 5.41 Å². The number of likely N-dealkylation sites (tertiary alicyclic amines) is 2. The minimum Gasteiger partial charge on any atom is -0.444 e. The van der Waals surface area contributed by atoms with Gasteiger partial charge in [0.2, 0.25) is 5.91 Å². The van der Waals surface area contributed by atoms with Gasteiger partial charge in [0.1, 0.15) is 5.60 Å². The first kappa shape index (κ1) is 18.5. The van der Waals surface area contributed by atoms with E-state index in [1.54, 1.807) is 4.90 Å². The Balaban J connectivity index is 1.75. The Labute approximate surface area is 152 Å². The minimum atomic E-state index is -0.474. The topological polar surface area (TPSA) is 49.9 Å². The number of fused-ring (bicyclic) bond motifs is 2. The van der Waals surface area contributed by atoms with Gasteiger partial charge < -0.3 is 14.5 Å². The first-order chi connectivity index (χ1) is 11.7. The first-order valence-electron chi connectivity index (χ1n) is 9.96. The average molecular weight is 351 g/mol. The molecular formula is C20H34N2O3. The monoisotopic (exact) mass is 350 g/mol. The summed E-state index contributed by atoms with van der Waals surface area (Å²) in [5, 5.41) is 0. The van der Waals surface area contributed by atoms with Crippen LogP contribution >= 0.6 is 0 Å². The van der Waals surface area contributed by atoms with E-state index in [-0.39, 0.29) is 17.6 Å². The maximum absolute atomic E-state index is 13.4. The maximum atomic E-state index is 13.4. The highest BCUT2D eigenvalue weighted by atomic mass is 16.6. The zero-order valence-electron chi connectivity index (χ0n) is 16.5. The zero-order valence-corrected chi connectivity index (χ0v) is 16.5. The second-order valence-electron chi connectivity index (χ2n) is 9.39. The Morgan fingerprint density at radius 1 is 1.16 bits per heavy atom. The van der Waals surface area contributed by atoms with E-state index in [0.29, 0.717) is 31.0 Å². The molecule has 2 heterocycles. The summed E-state index contributed by atoms with van der Waals surface area (Å²) >= 11 is 0. The number of hydrogen-bond acceptors (Lipinski definition) is 3. The molecule has 5 nitrogen and oxygen atoms in total. The summed E-state index contributed by atoms with van der Waals surface area (Å²) in [6, 6.07) is 0.677. The van der Waals surface area contributed by atoms with Crippen LogP contribution in [0.2, 0.25) is 0 Å². The normalized spacial score (nSPS) is 29.3. The molecule has 0 aromatic rings. The van der Waals surface area contributed by atoms with E-state index in [0.717, 1.165) is 25.7 Å². The van der Waals surface area contributed by atoms with Crippen molar-refractivity contribution >= 4 is 12.0 Å². The zero-order chi connectivity index (χ0) is 18.4. The number of hydrogen-bond donors (Lipinski definition) is 0. The lowest BCUT2D eigenvalue weighted by molar-refractivity contribution is -0.141. The van der Waals surface area contributed by atoms with E-state index in [4.69, 9.17) is 4.74 Å². The Morgan fingerprint density at radius 3 is 2.32 bits per heavy atom. The summed E-state index contributed by atoms with van der Waals surface area (Å²) < 4.78 is 5.51. The number of carbonyl (C=O) groups excluding carboxylic acids is 2. The summed E-state index contributed by atoms with van der Waals surface area (Å²) in [7, 11) is 0. The molecule has 2 atom stereocenters. The van der Waals surface area contributed by atoms with Gasteiger partial charge in [0, 0.05) is 25.2 Å². The quantitative estimate of drug-likeness (QED) is 0.722. The van der Waals surface area contributed by atoms with Gasteiger partial charge >= 0.3 is 6.09 Å². The molecule has 2 saturated heterocycles. The Bertz CT molecular complexity index is 530. The molecule has 142 valence electrons. The van der Waals surface area contributed by atoms with E-state index >= 15 is 0 Å². The molecule has 0 aromatic carbocycles. The molecule has 1 spiro atoms. The third kappa shape index (κ3) is 3.26. The molecular weight excluding hydrogens is 316 g/mol. The summed E-state index contributed by atoms with van der Waals surface area (Å²) in [5.74, 6) is 0.820. The van der Waals surface area contributed by atoms with E-state index in [1.807, 2.05) is 20.8 Å². The van der Waals surface area contributed by atoms with Gasteiger partial charge in [-0.25, -0.2) is 4.79 Å². The molecule has 0 N–H and O–H groups in total. The predicted molar refractivity (Wildman–Crippen MR) is 97.2 cm³/mol. The van der Waals surface area contributed by atoms with Gasteiger partial charge in [-0.3, -0.25) is 4.79 Å². The van der Waals surface area contributed by atoms with Crippen LogP contribution in [0.25, 0.3) is 0 Å². The van der Waals surface area contributed by atoms with Gasteiger partial charge in [-0.05, 0) is 66.2 Å². The van der Waals surface area contributed by atoms with E-state index in [9.17, 15) is 9.59 Å². The van der Waals surface area contributed by atoms with Crippen molar-refractivity contribution < 1.29 is 14.3 Å². The fraction of sp³-hybridized carbons (Fsp3) is 0.900. The van der Waals surface area contributed by atoms with Crippen LogP contribution in [0.4, 0.5) is 4.79 Å². The van der Waals surface area contributed by atoms with Crippen LogP contribution in [-0.4, -0.2) is 52.6 Å². The molecule has 1 saturated carbocycles. The summed E-state index contributed by atoms with van der Waals surface area (Å²) in [5.41, 5.74) is -0.716. The SMILES string of the molecule is CC(C)N1C(=O)C2(CCN(C(=O)OC(C)(C)C)CC2)C2CCCCC21. The third-order valence-electron chi connectivity index (χ3n) is 6.32. The van der Waals surface area contributed by atoms with Gasteiger partial charge in [-0.15, -0.1) is 0 Å². The van der Waals surface area contributed by atoms with Gasteiger partial charge in [-0.1, -0.05) is 12.8 Å². The van der Waals surface area contributed by atoms with Crippen molar-refractivity contribution in [3.8, 4) is 0 Å². The second-order valence-corrected chi connectivity index (χ2v) is 9.39. The number of rotatable bonds is 1. The van der Waals surface area contributed by atoms with Crippen LogP contribution in [0, 0.1) is 11.3 Å². The van der Waals surface area contributed by atoms with Crippen LogP contribution in [0.5, 0.6) is 0 Å². The van der Waals surface area contributed by atoms with Crippen LogP contribution < -0.4 is 0 Å². The van der Waals surface area contributed by atoms with Crippen LogP contribution in [0.1, 0.15) is 73.1 Å². The first-order valence-corrected chi connectivity index (χ1v) is 9.96. The fourth-order valence-corrected chi connectivity index (χ4v) is 5.27. The molecule has 3 fully saturated rings. The fourth-order valence-electron chi connectivity index (χ4n) is 5.27. The van der Waals surface area contributed by atoms with Crippen molar-refractivity contribution in [1.82, 2.24) is 9.80 Å². The molecule has 3 rings (SSSR count). The average Bonchev–Trinajstić information content (AvgIpc) is 2.76. The summed E-state index contributed by atoms with van der Waals surface area (Å²) in [4.78, 5) is 29.7. The lowest BCUT2D eigenvalue weighted by Crippen LogP contribution is -2.50. The number of nitrogens with zero attached hydrogens (tertiary/aromatic N) is 2. The van der Waals surface area contributed by atoms with Crippen molar-refractivity contribution in [1.29, 1.82) is 0 Å². The highest BCUT2D eigenvalue weighted by Crippen LogP contribution is 2.54. The number of ether oxygens (including phenoxy) is 1. The predicted octanol–water partition coefficient (Wildman–Crippen LogP) is 3.81. The summed E-state index contributed by atoms with van der Waals surface area (Å²) in [6.45, 7) is 11.2. The molecule has 5 heteroatoms. The Hall–Kier alpha value is -1.26. The molecule has 2 unspecified atom stereocenters. The highest BCUT2D eigenvalue weighted by molar-refractivity contribution is 5.87. The highest BCUT2D eigenvalue weighted by Gasteiger charge is 2.60. The van der Waals surface area contributed by atoms with E-state index in [2.05, 4.69) is 18.7 Å². The van der Waals surface area contributed by atoms with Crippen molar-refractivity contribution in [2.24, 2.45) is 11.3 Å². The van der Waals surface area contributed by atoms with Crippen molar-refractivity contribution in [2.75, 3.05) is 13.1 Å². The third-order valence-corrected chi connectivity index (χ3v) is 6.32. The van der Waals surface area contributed by atoms with Crippen molar-refractivity contribution in [3.05, 3.63) is 0 Å². The van der Waals surface area contributed by atoms with Crippen molar-refractivity contribution in [2.45, 2.75) is 90.8 Å². The number of carbonyl (C=O) groups is 2. The standard InChI is InChI=1S/C20H34N2O3/c1-14(2)22-16-9-7-6-8-15(16)20(17(22)23)10-12-21(13-11-20)18(24)25-19(3,4)5/h14-16H,6-13H2,1-5H3. The Morgan fingerprint density at radius 2 is 1.76 bits per heavy atom. The summed E-state index contributed by atoms with van der Waals surface area (Å²) in [6.07, 6.45) is 6.10. The second kappa shape index (κ2) is 6.48. The smallest absolute Gasteiger partial charge is 0.410 e. The molecule has 0 bridgehead atoms. The number of piperidine rings is 1. The molecule has 2 amide bonds. The largest absolute Gasteiger partial charge is 0.444 e. The lowest BCUT2D eigenvalue weighted by Gasteiger charge is -2.42. The van der Waals surface area contributed by atoms with Gasteiger partial charge in [-0.2, -0.15) is 0 Å². The van der Waals surface area contributed by atoms with Crippen LogP contribution in [0.3, 0.4) is 0 Å².